The Morgan fingerprint density at radius 1 is 1.55 bits per heavy atom. The minimum atomic E-state index is 0.414. The Kier molecular flexibility index (Phi) is 2.08. The van der Waals surface area contributed by atoms with Gasteiger partial charge in [-0.05, 0) is 12.0 Å². The van der Waals surface area contributed by atoms with Crippen molar-refractivity contribution in [3.8, 4) is 0 Å². The molecule has 3 nitrogen and oxygen atoms in total. The van der Waals surface area contributed by atoms with Gasteiger partial charge in [0.1, 0.15) is 0 Å². The van der Waals surface area contributed by atoms with Crippen molar-refractivity contribution in [3.63, 3.8) is 0 Å². The number of hydrogen-bond acceptors (Lipinski definition) is 2. The lowest BCUT2D eigenvalue weighted by molar-refractivity contribution is 0.706. The average Bonchev–Trinajstić information content (AvgIpc) is 2.30. The zero-order valence-electron chi connectivity index (χ0n) is 7.20. The van der Waals surface area contributed by atoms with Crippen LogP contribution >= 0.6 is 0 Å². The van der Waals surface area contributed by atoms with Gasteiger partial charge in [-0.1, -0.05) is 25.6 Å². The Morgan fingerprint density at radius 3 is 2.55 bits per heavy atom. The van der Waals surface area contributed by atoms with Gasteiger partial charge in [0.2, 0.25) is 0 Å². The molecule has 11 heavy (non-hydrogen) atoms. The van der Waals surface area contributed by atoms with Crippen LogP contribution in [0.3, 0.4) is 0 Å². The number of nitrogens with zero attached hydrogens (tertiary/aromatic N) is 3. The van der Waals surface area contributed by atoms with Gasteiger partial charge >= 0.3 is 0 Å². The number of rotatable bonds is 2. The van der Waals surface area contributed by atoms with E-state index in [4.69, 9.17) is 0 Å². The summed E-state index contributed by atoms with van der Waals surface area (Å²) in [5.74, 6) is 0.414. The van der Waals surface area contributed by atoms with Gasteiger partial charge in [0.15, 0.2) is 0 Å². The fourth-order valence-electron chi connectivity index (χ4n) is 1.03. The first-order valence-corrected chi connectivity index (χ1v) is 3.68. The van der Waals surface area contributed by atoms with Crippen LogP contribution in [0.2, 0.25) is 0 Å². The summed E-state index contributed by atoms with van der Waals surface area (Å²) in [4.78, 5) is 0. The van der Waals surface area contributed by atoms with Gasteiger partial charge in [0.05, 0.1) is 11.4 Å². The predicted molar refractivity (Wildman–Crippen MR) is 45.2 cm³/mol. The fourth-order valence-corrected chi connectivity index (χ4v) is 1.03. The molecule has 1 aromatic rings. The Morgan fingerprint density at radius 2 is 2.18 bits per heavy atom. The Labute approximate surface area is 66.7 Å². The van der Waals surface area contributed by atoms with Crippen molar-refractivity contribution >= 4 is 6.08 Å². The Balaban J connectivity index is 3.15. The zero-order valence-corrected chi connectivity index (χ0v) is 7.20. The summed E-state index contributed by atoms with van der Waals surface area (Å²) in [5.41, 5.74) is 2.03. The monoisotopic (exact) mass is 151 g/mol. The standard InChI is InChI=1S/C8H13N3/c1-5-7-8(6(2)3)9-10-11(7)4/h5-6H,1H2,2-4H3. The summed E-state index contributed by atoms with van der Waals surface area (Å²) in [7, 11) is 1.87. The summed E-state index contributed by atoms with van der Waals surface area (Å²) in [5, 5.41) is 7.93. The van der Waals surface area contributed by atoms with E-state index in [-0.39, 0.29) is 0 Å². The molecule has 3 heteroatoms. The molecule has 1 heterocycles. The molecule has 0 saturated heterocycles. The molecule has 0 saturated carbocycles. The van der Waals surface area contributed by atoms with Gasteiger partial charge in [-0.25, -0.2) is 4.68 Å². The van der Waals surface area contributed by atoms with Gasteiger partial charge in [-0.3, -0.25) is 0 Å². The second-order valence-electron chi connectivity index (χ2n) is 2.84. The molecular formula is C8H13N3. The second-order valence-corrected chi connectivity index (χ2v) is 2.84. The van der Waals surface area contributed by atoms with E-state index in [1.807, 2.05) is 7.05 Å². The first-order valence-electron chi connectivity index (χ1n) is 3.68. The first kappa shape index (κ1) is 7.98. The largest absolute Gasteiger partial charge is 0.248 e. The van der Waals surface area contributed by atoms with Gasteiger partial charge in [-0.2, -0.15) is 0 Å². The smallest absolute Gasteiger partial charge is 0.0925 e. The SMILES string of the molecule is C=Cc1c(C(C)C)nnn1C. The molecule has 0 amide bonds. The fraction of sp³-hybridized carbons (Fsp3) is 0.500. The molecule has 0 aliphatic carbocycles. The van der Waals surface area contributed by atoms with Crippen molar-refractivity contribution in [2.24, 2.45) is 7.05 Å². The lowest BCUT2D eigenvalue weighted by Crippen LogP contribution is -1.95. The maximum atomic E-state index is 4.03. The van der Waals surface area contributed by atoms with Crippen LogP contribution in [-0.4, -0.2) is 15.0 Å². The highest BCUT2D eigenvalue weighted by Crippen LogP contribution is 2.15. The topological polar surface area (TPSA) is 30.7 Å². The van der Waals surface area contributed by atoms with Crippen molar-refractivity contribution in [1.82, 2.24) is 15.0 Å². The van der Waals surface area contributed by atoms with Crippen LogP contribution in [-0.2, 0) is 7.05 Å². The zero-order chi connectivity index (χ0) is 8.43. The number of hydrogen-bond donors (Lipinski definition) is 0. The van der Waals surface area contributed by atoms with Crippen molar-refractivity contribution in [2.45, 2.75) is 19.8 Å². The molecule has 1 rings (SSSR count). The minimum Gasteiger partial charge on any atom is -0.248 e. The van der Waals surface area contributed by atoms with Crippen LogP contribution < -0.4 is 0 Å². The Bertz CT molecular complexity index is 260. The third-order valence-electron chi connectivity index (χ3n) is 1.64. The van der Waals surface area contributed by atoms with E-state index < -0.39 is 0 Å². The van der Waals surface area contributed by atoms with E-state index in [1.54, 1.807) is 10.8 Å². The molecule has 0 N–H and O–H groups in total. The molecule has 0 fully saturated rings. The average molecular weight is 151 g/mol. The van der Waals surface area contributed by atoms with E-state index >= 15 is 0 Å². The van der Waals surface area contributed by atoms with Crippen LogP contribution in [0.1, 0.15) is 31.2 Å². The van der Waals surface area contributed by atoms with Gasteiger partial charge in [0.25, 0.3) is 0 Å². The Hall–Kier alpha value is -1.12. The molecule has 0 unspecified atom stereocenters. The second kappa shape index (κ2) is 2.86. The lowest BCUT2D eigenvalue weighted by atomic mass is 10.1. The van der Waals surface area contributed by atoms with Crippen molar-refractivity contribution in [2.75, 3.05) is 0 Å². The predicted octanol–water partition coefficient (Wildman–Crippen LogP) is 1.58. The van der Waals surface area contributed by atoms with E-state index in [9.17, 15) is 0 Å². The summed E-state index contributed by atoms with van der Waals surface area (Å²) >= 11 is 0. The molecule has 0 spiro atoms. The van der Waals surface area contributed by atoms with Crippen molar-refractivity contribution < 1.29 is 0 Å². The molecule has 0 radical (unpaired) electrons. The van der Waals surface area contributed by atoms with E-state index in [1.165, 1.54) is 0 Å². The van der Waals surface area contributed by atoms with Crippen molar-refractivity contribution in [3.05, 3.63) is 18.0 Å². The van der Waals surface area contributed by atoms with Crippen molar-refractivity contribution in [1.29, 1.82) is 0 Å². The van der Waals surface area contributed by atoms with Gasteiger partial charge < -0.3 is 0 Å². The van der Waals surface area contributed by atoms with Crippen LogP contribution in [0.25, 0.3) is 6.08 Å². The lowest BCUT2D eigenvalue weighted by Gasteiger charge is -2.00. The van der Waals surface area contributed by atoms with Crippen LogP contribution in [0, 0.1) is 0 Å². The summed E-state index contributed by atoms with van der Waals surface area (Å²) < 4.78 is 1.74. The third-order valence-corrected chi connectivity index (χ3v) is 1.64. The summed E-state index contributed by atoms with van der Waals surface area (Å²) in [6.07, 6.45) is 1.79. The van der Waals surface area contributed by atoms with Crippen LogP contribution in [0.5, 0.6) is 0 Å². The maximum absolute atomic E-state index is 4.03. The van der Waals surface area contributed by atoms with Gasteiger partial charge in [0, 0.05) is 7.05 Å². The molecule has 0 atom stereocenters. The molecule has 0 bridgehead atoms. The molecule has 0 aliphatic heterocycles. The highest BCUT2D eigenvalue weighted by molar-refractivity contribution is 5.45. The summed E-state index contributed by atoms with van der Waals surface area (Å²) in [6, 6.07) is 0. The summed E-state index contributed by atoms with van der Waals surface area (Å²) in [6.45, 7) is 7.89. The van der Waals surface area contributed by atoms with Gasteiger partial charge in [-0.15, -0.1) is 5.10 Å². The molecule has 60 valence electrons. The van der Waals surface area contributed by atoms with Crippen LogP contribution in [0.15, 0.2) is 6.58 Å². The quantitative estimate of drug-likeness (QED) is 0.642. The van der Waals surface area contributed by atoms with Crippen LogP contribution in [0.4, 0.5) is 0 Å². The van der Waals surface area contributed by atoms with E-state index in [2.05, 4.69) is 30.7 Å². The molecule has 1 aromatic heterocycles. The normalized spacial score (nSPS) is 10.5. The van der Waals surface area contributed by atoms with E-state index in [0.717, 1.165) is 11.4 Å². The molecular weight excluding hydrogens is 138 g/mol. The maximum Gasteiger partial charge on any atom is 0.0925 e. The van der Waals surface area contributed by atoms with E-state index in [0.29, 0.717) is 5.92 Å². The number of aromatic nitrogens is 3. The first-order chi connectivity index (χ1) is 5.16. The highest BCUT2D eigenvalue weighted by Gasteiger charge is 2.09. The number of aryl methyl sites for hydroxylation is 1. The third kappa shape index (κ3) is 1.31. The molecule has 0 aromatic carbocycles. The highest BCUT2D eigenvalue weighted by atomic mass is 15.4. The minimum absolute atomic E-state index is 0.414. The molecule has 0 aliphatic rings.